The molecule has 4 nitrogen and oxygen atoms in total. The van der Waals surface area contributed by atoms with Crippen LogP contribution in [0.5, 0.6) is 0 Å². The molecule has 74 valence electrons. The smallest absolute Gasteiger partial charge is 0.318 e. The van der Waals surface area contributed by atoms with Gasteiger partial charge < -0.3 is 4.74 Å². The van der Waals surface area contributed by atoms with Crippen LogP contribution in [-0.4, -0.2) is 22.5 Å². The molecule has 14 heavy (non-hydrogen) atoms. The molecule has 0 aromatic carbocycles. The maximum atomic E-state index is 11.6. The molecule has 0 N–H and O–H groups in total. The number of aromatic nitrogens is 2. The van der Waals surface area contributed by atoms with Crippen LogP contribution in [0.25, 0.3) is 0 Å². The highest BCUT2D eigenvalue weighted by Crippen LogP contribution is 2.47. The fourth-order valence-electron chi connectivity index (χ4n) is 1.51. The number of esters is 1. The second-order valence-electron chi connectivity index (χ2n) is 3.39. The molecule has 0 saturated heterocycles. The molecule has 0 unspecified atom stereocenters. The Labute approximate surface area is 82.3 Å². The Morgan fingerprint density at radius 2 is 2.36 bits per heavy atom. The maximum Gasteiger partial charge on any atom is 0.318 e. The van der Waals surface area contributed by atoms with Gasteiger partial charge in [-0.05, 0) is 19.8 Å². The van der Waals surface area contributed by atoms with Gasteiger partial charge in [-0.2, -0.15) is 0 Å². The lowest BCUT2D eigenvalue weighted by Gasteiger charge is -2.11. The summed E-state index contributed by atoms with van der Waals surface area (Å²) < 4.78 is 5.02. The van der Waals surface area contributed by atoms with E-state index in [1.807, 2.05) is 6.92 Å². The maximum absolute atomic E-state index is 11.6. The summed E-state index contributed by atoms with van der Waals surface area (Å²) in [5.41, 5.74) is 0.253. The fourth-order valence-corrected chi connectivity index (χ4v) is 1.51. The molecule has 2 rings (SSSR count). The van der Waals surface area contributed by atoms with Gasteiger partial charge in [-0.15, -0.1) is 0 Å². The monoisotopic (exact) mass is 192 g/mol. The molecule has 1 heterocycles. The van der Waals surface area contributed by atoms with Crippen LogP contribution < -0.4 is 0 Å². The van der Waals surface area contributed by atoms with Crippen molar-refractivity contribution in [1.29, 1.82) is 0 Å². The lowest BCUT2D eigenvalue weighted by atomic mass is 10.0. The molecule has 1 fully saturated rings. The van der Waals surface area contributed by atoms with E-state index in [9.17, 15) is 4.79 Å². The van der Waals surface area contributed by atoms with Gasteiger partial charge in [0.05, 0.1) is 12.3 Å². The number of nitrogens with zero attached hydrogens (tertiary/aromatic N) is 2. The number of rotatable bonds is 3. The zero-order valence-electron chi connectivity index (χ0n) is 8.06. The van der Waals surface area contributed by atoms with Crippen molar-refractivity contribution < 1.29 is 9.53 Å². The van der Waals surface area contributed by atoms with Gasteiger partial charge >= 0.3 is 5.97 Å². The molecule has 0 amide bonds. The molecule has 1 aliphatic carbocycles. The average Bonchev–Trinajstić information content (AvgIpc) is 3.00. The van der Waals surface area contributed by atoms with E-state index in [1.54, 1.807) is 18.6 Å². The van der Waals surface area contributed by atoms with Gasteiger partial charge in [0, 0.05) is 18.6 Å². The molecule has 1 saturated carbocycles. The highest BCUT2D eigenvalue weighted by molar-refractivity contribution is 5.85. The van der Waals surface area contributed by atoms with Gasteiger partial charge in [-0.3, -0.25) is 14.8 Å². The first-order chi connectivity index (χ1) is 6.79. The molecular weight excluding hydrogens is 180 g/mol. The van der Waals surface area contributed by atoms with Crippen LogP contribution >= 0.6 is 0 Å². The zero-order valence-corrected chi connectivity index (χ0v) is 8.06. The van der Waals surface area contributed by atoms with Crippen molar-refractivity contribution in [1.82, 2.24) is 9.97 Å². The summed E-state index contributed by atoms with van der Waals surface area (Å²) in [5.74, 6) is -0.166. The van der Waals surface area contributed by atoms with Gasteiger partial charge in [0.25, 0.3) is 0 Å². The second-order valence-corrected chi connectivity index (χ2v) is 3.39. The average molecular weight is 192 g/mol. The summed E-state index contributed by atoms with van der Waals surface area (Å²) in [4.78, 5) is 19.8. The minimum Gasteiger partial charge on any atom is -0.465 e. The van der Waals surface area contributed by atoms with Crippen molar-refractivity contribution in [2.24, 2.45) is 0 Å². The highest BCUT2D eigenvalue weighted by Gasteiger charge is 2.54. The van der Waals surface area contributed by atoms with Gasteiger partial charge in [-0.1, -0.05) is 0 Å². The summed E-state index contributed by atoms with van der Waals surface area (Å²) in [6.07, 6.45) is 6.50. The van der Waals surface area contributed by atoms with Crippen LogP contribution in [0.3, 0.4) is 0 Å². The van der Waals surface area contributed by atoms with Gasteiger partial charge in [0.2, 0.25) is 0 Å². The van der Waals surface area contributed by atoms with Gasteiger partial charge in [0.1, 0.15) is 5.41 Å². The lowest BCUT2D eigenvalue weighted by Crippen LogP contribution is -2.24. The van der Waals surface area contributed by atoms with Crippen molar-refractivity contribution in [3.05, 3.63) is 24.3 Å². The predicted molar refractivity (Wildman–Crippen MR) is 49.6 cm³/mol. The number of carbonyl (C=O) groups is 1. The van der Waals surface area contributed by atoms with E-state index in [0.29, 0.717) is 6.61 Å². The second kappa shape index (κ2) is 3.36. The van der Waals surface area contributed by atoms with E-state index in [1.165, 1.54) is 0 Å². The molecule has 0 bridgehead atoms. The van der Waals surface area contributed by atoms with Crippen molar-refractivity contribution in [2.45, 2.75) is 25.2 Å². The Morgan fingerprint density at radius 1 is 1.57 bits per heavy atom. The highest BCUT2D eigenvalue weighted by atomic mass is 16.5. The molecule has 1 aliphatic rings. The molecule has 0 atom stereocenters. The fraction of sp³-hybridized carbons (Fsp3) is 0.500. The van der Waals surface area contributed by atoms with Crippen LogP contribution in [0.4, 0.5) is 0 Å². The Hall–Kier alpha value is -1.45. The molecule has 0 spiro atoms. The minimum atomic E-state index is -0.482. The normalized spacial score (nSPS) is 17.5. The van der Waals surface area contributed by atoms with E-state index < -0.39 is 5.41 Å². The molecule has 0 radical (unpaired) electrons. The van der Waals surface area contributed by atoms with Crippen LogP contribution in [0.15, 0.2) is 18.6 Å². The zero-order chi connectivity index (χ0) is 10.0. The van der Waals surface area contributed by atoms with Gasteiger partial charge in [0.15, 0.2) is 0 Å². The van der Waals surface area contributed by atoms with Crippen LogP contribution in [0.2, 0.25) is 0 Å². The summed E-state index contributed by atoms with van der Waals surface area (Å²) >= 11 is 0. The van der Waals surface area contributed by atoms with Gasteiger partial charge in [-0.25, -0.2) is 0 Å². The van der Waals surface area contributed by atoms with E-state index in [0.717, 1.165) is 18.5 Å². The Bertz CT molecular complexity index is 333. The van der Waals surface area contributed by atoms with Crippen LogP contribution in [-0.2, 0) is 14.9 Å². The summed E-state index contributed by atoms with van der Waals surface area (Å²) in [6.45, 7) is 2.23. The number of hydrogen-bond donors (Lipinski definition) is 0. The molecule has 1 aromatic rings. The molecule has 1 aromatic heterocycles. The third kappa shape index (κ3) is 1.36. The SMILES string of the molecule is CCOC(=O)C1(c2cnccn2)CC1. The first-order valence-electron chi connectivity index (χ1n) is 4.73. The lowest BCUT2D eigenvalue weighted by molar-refractivity contribution is -0.146. The van der Waals surface area contributed by atoms with Crippen molar-refractivity contribution in [3.8, 4) is 0 Å². The molecule has 4 heteroatoms. The summed E-state index contributed by atoms with van der Waals surface area (Å²) in [7, 11) is 0. The third-order valence-corrected chi connectivity index (χ3v) is 2.47. The predicted octanol–water partition coefficient (Wildman–Crippen LogP) is 1.07. The van der Waals surface area contributed by atoms with E-state index in [2.05, 4.69) is 9.97 Å². The van der Waals surface area contributed by atoms with Crippen molar-refractivity contribution in [2.75, 3.05) is 6.61 Å². The quantitative estimate of drug-likeness (QED) is 0.672. The van der Waals surface area contributed by atoms with Crippen molar-refractivity contribution in [3.63, 3.8) is 0 Å². The molecular formula is C10H12N2O2. The first-order valence-corrected chi connectivity index (χ1v) is 4.73. The van der Waals surface area contributed by atoms with E-state index >= 15 is 0 Å². The first kappa shape index (κ1) is 9.12. The van der Waals surface area contributed by atoms with Crippen LogP contribution in [0, 0.1) is 0 Å². The summed E-state index contributed by atoms with van der Waals surface area (Å²) in [5, 5.41) is 0. The number of carbonyl (C=O) groups excluding carboxylic acids is 1. The largest absolute Gasteiger partial charge is 0.465 e. The summed E-state index contributed by atoms with van der Waals surface area (Å²) in [6, 6.07) is 0. The van der Waals surface area contributed by atoms with Crippen LogP contribution in [0.1, 0.15) is 25.5 Å². The Kier molecular flexibility index (Phi) is 2.19. The molecule has 0 aliphatic heterocycles. The Balaban J connectivity index is 2.21. The Morgan fingerprint density at radius 3 is 2.86 bits per heavy atom. The third-order valence-electron chi connectivity index (χ3n) is 2.47. The number of ether oxygens (including phenoxy) is 1. The van der Waals surface area contributed by atoms with E-state index in [-0.39, 0.29) is 5.97 Å². The number of hydrogen-bond acceptors (Lipinski definition) is 4. The van der Waals surface area contributed by atoms with Crippen molar-refractivity contribution >= 4 is 5.97 Å². The minimum absolute atomic E-state index is 0.166. The standard InChI is InChI=1S/C10H12N2O2/c1-2-14-9(13)10(3-4-10)8-7-11-5-6-12-8/h5-7H,2-4H2,1H3. The van der Waals surface area contributed by atoms with E-state index in [4.69, 9.17) is 4.74 Å². The topological polar surface area (TPSA) is 52.1 Å².